The van der Waals surface area contributed by atoms with Crippen molar-refractivity contribution in [3.63, 3.8) is 0 Å². The molecule has 2 aromatic rings. The zero-order chi connectivity index (χ0) is 16.2. The summed E-state index contributed by atoms with van der Waals surface area (Å²) < 4.78 is 6.87. The average Bonchev–Trinajstić information content (AvgIpc) is 3.24. The van der Waals surface area contributed by atoms with E-state index >= 15 is 0 Å². The van der Waals surface area contributed by atoms with Crippen LogP contribution in [-0.4, -0.2) is 54.4 Å². The second-order valence-electron chi connectivity index (χ2n) is 5.81. The number of ether oxygens (including phenoxy) is 1. The molecule has 1 saturated heterocycles. The Bertz CT molecular complexity index is 665. The first kappa shape index (κ1) is 15.6. The number of aromatic nitrogens is 2. The van der Waals surface area contributed by atoms with Crippen molar-refractivity contribution in [2.24, 2.45) is 5.92 Å². The van der Waals surface area contributed by atoms with Crippen LogP contribution in [0.2, 0.25) is 0 Å². The van der Waals surface area contributed by atoms with Gasteiger partial charge in [0.1, 0.15) is 5.75 Å². The Hall–Kier alpha value is -2.34. The number of hydrogen-bond donors (Lipinski definition) is 1. The molecule has 122 valence electrons. The molecular formula is C17H22N4O2. The van der Waals surface area contributed by atoms with Gasteiger partial charge in [0.15, 0.2) is 5.69 Å². The summed E-state index contributed by atoms with van der Waals surface area (Å²) in [5.74, 6) is 1.34. The smallest absolute Gasteiger partial charge is 0.274 e. The van der Waals surface area contributed by atoms with E-state index in [0.29, 0.717) is 11.6 Å². The summed E-state index contributed by atoms with van der Waals surface area (Å²) in [7, 11) is 3.58. The van der Waals surface area contributed by atoms with Gasteiger partial charge in [-0.05, 0) is 56.3 Å². The summed E-state index contributed by atoms with van der Waals surface area (Å²) in [6.07, 6.45) is 2.86. The number of nitrogens with zero attached hydrogens (tertiary/aromatic N) is 3. The maximum Gasteiger partial charge on any atom is 0.274 e. The third kappa shape index (κ3) is 3.37. The Morgan fingerprint density at radius 3 is 2.83 bits per heavy atom. The summed E-state index contributed by atoms with van der Waals surface area (Å²) in [5.41, 5.74) is 1.39. The van der Waals surface area contributed by atoms with E-state index in [4.69, 9.17) is 4.74 Å². The normalized spacial score (nSPS) is 17.5. The van der Waals surface area contributed by atoms with Crippen LogP contribution in [0.15, 0.2) is 36.5 Å². The number of hydrogen-bond acceptors (Lipinski definition) is 4. The lowest BCUT2D eigenvalue weighted by Crippen LogP contribution is -2.30. The summed E-state index contributed by atoms with van der Waals surface area (Å²) in [4.78, 5) is 14.4. The summed E-state index contributed by atoms with van der Waals surface area (Å²) in [6.45, 7) is 2.56. The second kappa shape index (κ2) is 6.83. The summed E-state index contributed by atoms with van der Waals surface area (Å²) in [5, 5.41) is 7.60. The van der Waals surface area contributed by atoms with Crippen LogP contribution in [0.25, 0.3) is 5.69 Å². The van der Waals surface area contributed by atoms with Gasteiger partial charge in [0.25, 0.3) is 5.91 Å². The number of rotatable bonds is 5. The van der Waals surface area contributed by atoms with Crippen LogP contribution >= 0.6 is 0 Å². The van der Waals surface area contributed by atoms with E-state index in [1.54, 1.807) is 17.9 Å². The van der Waals surface area contributed by atoms with E-state index in [1.165, 1.54) is 0 Å². The number of amides is 1. The minimum atomic E-state index is 0.0101. The maximum atomic E-state index is 12.6. The molecule has 1 aliphatic rings. The molecule has 6 nitrogen and oxygen atoms in total. The average molecular weight is 314 g/mol. The molecule has 1 aliphatic heterocycles. The molecule has 1 aromatic heterocycles. The molecule has 1 atom stereocenters. The van der Waals surface area contributed by atoms with Crippen LogP contribution in [0.1, 0.15) is 16.9 Å². The van der Waals surface area contributed by atoms with Gasteiger partial charge in [-0.1, -0.05) is 0 Å². The molecule has 1 unspecified atom stereocenters. The lowest BCUT2D eigenvalue weighted by molar-refractivity contribution is 0.0781. The highest BCUT2D eigenvalue weighted by molar-refractivity contribution is 5.92. The number of likely N-dealkylation sites (tertiary alicyclic amines) is 1. The molecule has 0 saturated carbocycles. The minimum absolute atomic E-state index is 0.0101. The molecule has 1 fully saturated rings. The molecule has 23 heavy (non-hydrogen) atoms. The van der Waals surface area contributed by atoms with Gasteiger partial charge in [-0.2, -0.15) is 5.10 Å². The fraction of sp³-hybridized carbons (Fsp3) is 0.412. The Balaban J connectivity index is 1.70. The van der Waals surface area contributed by atoms with E-state index in [2.05, 4.69) is 10.4 Å². The molecule has 1 N–H and O–H groups in total. The zero-order valence-electron chi connectivity index (χ0n) is 13.5. The Morgan fingerprint density at radius 1 is 1.35 bits per heavy atom. The highest BCUT2D eigenvalue weighted by Crippen LogP contribution is 2.19. The monoisotopic (exact) mass is 314 g/mol. The number of nitrogens with one attached hydrogen (secondary N) is 1. The lowest BCUT2D eigenvalue weighted by Gasteiger charge is -2.15. The number of benzene rings is 1. The van der Waals surface area contributed by atoms with Crippen molar-refractivity contribution in [2.75, 3.05) is 33.8 Å². The molecule has 0 bridgehead atoms. The molecule has 0 spiro atoms. The zero-order valence-corrected chi connectivity index (χ0v) is 13.5. The van der Waals surface area contributed by atoms with E-state index in [9.17, 15) is 4.79 Å². The first-order valence-electron chi connectivity index (χ1n) is 7.85. The van der Waals surface area contributed by atoms with Gasteiger partial charge in [0, 0.05) is 19.3 Å². The molecule has 3 rings (SSSR count). The van der Waals surface area contributed by atoms with Gasteiger partial charge in [0.05, 0.1) is 12.8 Å². The van der Waals surface area contributed by atoms with E-state index < -0.39 is 0 Å². The standard InChI is InChI=1S/C17H22N4O2/c1-18-11-13-7-9-20(12-13)17(22)16-8-10-21(19-16)14-3-5-15(23-2)6-4-14/h3-6,8,10,13,18H,7,9,11-12H2,1-2H3. The van der Waals surface area contributed by atoms with E-state index in [-0.39, 0.29) is 5.91 Å². The Morgan fingerprint density at radius 2 is 2.13 bits per heavy atom. The van der Waals surface area contributed by atoms with Crippen LogP contribution in [0, 0.1) is 5.92 Å². The lowest BCUT2D eigenvalue weighted by atomic mass is 10.1. The molecule has 1 aromatic carbocycles. The fourth-order valence-corrected chi connectivity index (χ4v) is 2.95. The van der Waals surface area contributed by atoms with Gasteiger partial charge in [-0.25, -0.2) is 4.68 Å². The van der Waals surface area contributed by atoms with Gasteiger partial charge in [-0.3, -0.25) is 4.79 Å². The quantitative estimate of drug-likeness (QED) is 0.910. The van der Waals surface area contributed by atoms with Crippen molar-refractivity contribution < 1.29 is 9.53 Å². The van der Waals surface area contributed by atoms with Crippen LogP contribution in [0.5, 0.6) is 5.75 Å². The van der Waals surface area contributed by atoms with Gasteiger partial charge >= 0.3 is 0 Å². The molecule has 0 aliphatic carbocycles. The predicted molar refractivity (Wildman–Crippen MR) is 88.1 cm³/mol. The topological polar surface area (TPSA) is 59.4 Å². The van der Waals surface area contributed by atoms with Crippen LogP contribution in [0.4, 0.5) is 0 Å². The van der Waals surface area contributed by atoms with Crippen molar-refractivity contribution in [3.05, 3.63) is 42.2 Å². The summed E-state index contributed by atoms with van der Waals surface area (Å²) >= 11 is 0. The minimum Gasteiger partial charge on any atom is -0.497 e. The van der Waals surface area contributed by atoms with Crippen molar-refractivity contribution >= 4 is 5.91 Å². The molecule has 1 amide bonds. The van der Waals surface area contributed by atoms with Crippen molar-refractivity contribution in [2.45, 2.75) is 6.42 Å². The van der Waals surface area contributed by atoms with Crippen molar-refractivity contribution in [1.29, 1.82) is 0 Å². The van der Waals surface area contributed by atoms with E-state index in [1.807, 2.05) is 42.4 Å². The molecule has 0 radical (unpaired) electrons. The van der Waals surface area contributed by atoms with Crippen molar-refractivity contribution in [1.82, 2.24) is 20.0 Å². The van der Waals surface area contributed by atoms with Crippen LogP contribution in [0.3, 0.4) is 0 Å². The number of carbonyl (C=O) groups is 1. The number of methoxy groups -OCH3 is 1. The van der Waals surface area contributed by atoms with Crippen LogP contribution < -0.4 is 10.1 Å². The van der Waals surface area contributed by atoms with Gasteiger partial charge in [-0.15, -0.1) is 0 Å². The molecule has 6 heteroatoms. The number of carbonyl (C=O) groups excluding carboxylic acids is 1. The first-order valence-corrected chi connectivity index (χ1v) is 7.85. The fourth-order valence-electron chi connectivity index (χ4n) is 2.95. The third-order valence-electron chi connectivity index (χ3n) is 4.21. The van der Waals surface area contributed by atoms with Crippen LogP contribution in [-0.2, 0) is 0 Å². The maximum absolute atomic E-state index is 12.6. The highest BCUT2D eigenvalue weighted by atomic mass is 16.5. The first-order chi connectivity index (χ1) is 11.2. The van der Waals surface area contributed by atoms with Gasteiger partial charge in [0.2, 0.25) is 0 Å². The predicted octanol–water partition coefficient (Wildman–Crippen LogP) is 1.56. The van der Waals surface area contributed by atoms with Crippen molar-refractivity contribution in [3.8, 4) is 11.4 Å². The highest BCUT2D eigenvalue weighted by Gasteiger charge is 2.27. The molecule has 2 heterocycles. The van der Waals surface area contributed by atoms with E-state index in [0.717, 1.165) is 37.5 Å². The Kier molecular flexibility index (Phi) is 4.62. The third-order valence-corrected chi connectivity index (χ3v) is 4.21. The van der Waals surface area contributed by atoms with Gasteiger partial charge < -0.3 is 15.0 Å². The SMILES string of the molecule is CNCC1CCN(C(=O)c2ccn(-c3ccc(OC)cc3)n2)C1. The second-order valence-corrected chi connectivity index (χ2v) is 5.81. The Labute approximate surface area is 136 Å². The largest absolute Gasteiger partial charge is 0.497 e. The molecular weight excluding hydrogens is 292 g/mol. The summed E-state index contributed by atoms with van der Waals surface area (Å²) in [6, 6.07) is 9.36.